The number of rotatable bonds is 3. The largest absolute Gasteiger partial charge is 0.364 e. The highest BCUT2D eigenvalue weighted by molar-refractivity contribution is 6.32. The van der Waals surface area contributed by atoms with Crippen molar-refractivity contribution in [1.82, 2.24) is 19.7 Å². The molecule has 0 unspecified atom stereocenters. The molecule has 2 heterocycles. The van der Waals surface area contributed by atoms with Crippen molar-refractivity contribution in [3.05, 3.63) is 39.2 Å². The first kappa shape index (κ1) is 11.7. The fraction of sp³-hybridized carbons (Fsp3) is 0.300. The summed E-state index contributed by atoms with van der Waals surface area (Å²) in [5.74, 6) is 0.374. The van der Waals surface area contributed by atoms with Crippen molar-refractivity contribution in [3.63, 3.8) is 0 Å². The molecule has 2 N–H and O–H groups in total. The molecule has 0 amide bonds. The lowest BCUT2D eigenvalue weighted by molar-refractivity contribution is 0.756. The molecule has 17 heavy (non-hydrogen) atoms. The van der Waals surface area contributed by atoms with Crippen molar-refractivity contribution in [1.29, 1.82) is 0 Å². The average Bonchev–Trinajstić information content (AvgIpc) is 2.60. The maximum Gasteiger partial charge on any atom is 0.271 e. The van der Waals surface area contributed by atoms with Gasteiger partial charge in [0.15, 0.2) is 5.82 Å². The lowest BCUT2D eigenvalue weighted by Gasteiger charge is -2.05. The second-order valence-electron chi connectivity index (χ2n) is 3.66. The van der Waals surface area contributed by atoms with Crippen molar-refractivity contribution >= 4 is 17.4 Å². The number of aromatic amines is 1. The van der Waals surface area contributed by atoms with Crippen LogP contribution in [0.4, 0.5) is 5.82 Å². The van der Waals surface area contributed by atoms with Gasteiger partial charge in [-0.05, 0) is 6.92 Å². The summed E-state index contributed by atoms with van der Waals surface area (Å²) < 4.78 is 1.74. The van der Waals surface area contributed by atoms with E-state index >= 15 is 0 Å². The first-order valence-corrected chi connectivity index (χ1v) is 5.42. The quantitative estimate of drug-likeness (QED) is 0.858. The van der Waals surface area contributed by atoms with Crippen molar-refractivity contribution in [2.24, 2.45) is 7.05 Å². The highest BCUT2D eigenvalue weighted by Gasteiger charge is 2.07. The van der Waals surface area contributed by atoms with Crippen LogP contribution in [0.3, 0.4) is 0 Å². The summed E-state index contributed by atoms with van der Waals surface area (Å²) in [5, 5.41) is 7.29. The van der Waals surface area contributed by atoms with Gasteiger partial charge in [0.05, 0.1) is 12.0 Å². The summed E-state index contributed by atoms with van der Waals surface area (Å²) in [6, 6.07) is 0. The van der Waals surface area contributed by atoms with Crippen LogP contribution in [0.25, 0.3) is 0 Å². The number of nitrogens with one attached hydrogen (secondary N) is 2. The minimum Gasteiger partial charge on any atom is -0.364 e. The van der Waals surface area contributed by atoms with Crippen LogP contribution in [0.2, 0.25) is 5.02 Å². The molecule has 0 atom stereocenters. The Morgan fingerprint density at radius 2 is 2.35 bits per heavy atom. The SMILES string of the molecule is Cc1nn(C)cc1CNc1nc[nH]c(=O)c1Cl. The Morgan fingerprint density at radius 3 is 3.00 bits per heavy atom. The molecule has 2 aromatic rings. The first-order valence-electron chi connectivity index (χ1n) is 5.04. The van der Waals surface area contributed by atoms with Crippen LogP contribution in [0.1, 0.15) is 11.3 Å². The van der Waals surface area contributed by atoms with Crippen molar-refractivity contribution in [3.8, 4) is 0 Å². The van der Waals surface area contributed by atoms with Crippen LogP contribution < -0.4 is 10.9 Å². The van der Waals surface area contributed by atoms with E-state index in [4.69, 9.17) is 11.6 Å². The van der Waals surface area contributed by atoms with Gasteiger partial charge in [-0.15, -0.1) is 0 Å². The van der Waals surface area contributed by atoms with Crippen molar-refractivity contribution < 1.29 is 0 Å². The molecule has 2 rings (SSSR count). The van der Waals surface area contributed by atoms with Gasteiger partial charge in [0, 0.05) is 25.4 Å². The average molecular weight is 254 g/mol. The van der Waals surface area contributed by atoms with E-state index in [0.29, 0.717) is 12.4 Å². The number of anilines is 1. The fourth-order valence-electron chi connectivity index (χ4n) is 1.51. The monoisotopic (exact) mass is 253 g/mol. The predicted molar refractivity (Wildman–Crippen MR) is 65.1 cm³/mol. The Labute approximate surface area is 103 Å². The maximum absolute atomic E-state index is 11.2. The molecule has 6 nitrogen and oxygen atoms in total. The minimum absolute atomic E-state index is 0.0639. The van der Waals surface area contributed by atoms with E-state index in [9.17, 15) is 4.79 Å². The molecule has 0 aliphatic heterocycles. The highest BCUT2D eigenvalue weighted by Crippen LogP contribution is 2.14. The molecule has 0 spiro atoms. The Bertz CT molecular complexity index is 589. The second-order valence-corrected chi connectivity index (χ2v) is 4.04. The summed E-state index contributed by atoms with van der Waals surface area (Å²) in [7, 11) is 1.86. The summed E-state index contributed by atoms with van der Waals surface area (Å²) >= 11 is 5.81. The zero-order chi connectivity index (χ0) is 12.4. The van der Waals surface area contributed by atoms with E-state index in [1.165, 1.54) is 6.33 Å². The van der Waals surface area contributed by atoms with E-state index in [1.807, 2.05) is 20.2 Å². The Morgan fingerprint density at radius 1 is 1.59 bits per heavy atom. The first-order chi connectivity index (χ1) is 8.08. The third-order valence-electron chi connectivity index (χ3n) is 2.36. The molecular weight excluding hydrogens is 242 g/mol. The van der Waals surface area contributed by atoms with Gasteiger partial charge in [0.2, 0.25) is 0 Å². The normalized spacial score (nSPS) is 10.5. The summed E-state index contributed by atoms with van der Waals surface area (Å²) in [6.07, 6.45) is 3.22. The minimum atomic E-state index is -0.355. The summed E-state index contributed by atoms with van der Waals surface area (Å²) in [4.78, 5) is 17.6. The van der Waals surface area contributed by atoms with Crippen LogP contribution in [-0.4, -0.2) is 19.7 Å². The van der Waals surface area contributed by atoms with Crippen LogP contribution in [0.5, 0.6) is 0 Å². The maximum atomic E-state index is 11.2. The van der Waals surface area contributed by atoms with Gasteiger partial charge in [-0.2, -0.15) is 5.10 Å². The highest BCUT2D eigenvalue weighted by atomic mass is 35.5. The fourth-order valence-corrected chi connectivity index (χ4v) is 1.68. The lowest BCUT2D eigenvalue weighted by Crippen LogP contribution is -2.11. The Kier molecular flexibility index (Phi) is 3.14. The van der Waals surface area contributed by atoms with Gasteiger partial charge in [0.1, 0.15) is 5.02 Å². The standard InChI is InChI=1S/C10H12ClN5O/c1-6-7(4-16(2)15-6)3-12-9-8(11)10(17)14-5-13-9/h4-5H,3H2,1-2H3,(H2,12,13,14,17). The van der Waals surface area contributed by atoms with Crippen LogP contribution in [-0.2, 0) is 13.6 Å². The summed E-state index contributed by atoms with van der Waals surface area (Å²) in [5.41, 5.74) is 1.61. The lowest BCUT2D eigenvalue weighted by atomic mass is 10.2. The number of hydrogen-bond acceptors (Lipinski definition) is 4. The van der Waals surface area contributed by atoms with Crippen molar-refractivity contribution in [2.75, 3.05) is 5.32 Å². The number of hydrogen-bond donors (Lipinski definition) is 2. The number of aryl methyl sites for hydroxylation is 2. The van der Waals surface area contributed by atoms with E-state index in [2.05, 4.69) is 20.4 Å². The Balaban J connectivity index is 2.15. The van der Waals surface area contributed by atoms with Crippen molar-refractivity contribution in [2.45, 2.75) is 13.5 Å². The van der Waals surface area contributed by atoms with Gasteiger partial charge in [0.25, 0.3) is 5.56 Å². The van der Waals surface area contributed by atoms with E-state index < -0.39 is 0 Å². The van der Waals surface area contributed by atoms with Crippen LogP contribution in [0.15, 0.2) is 17.3 Å². The predicted octanol–water partition coefficient (Wildman–Crippen LogP) is 1.08. The van der Waals surface area contributed by atoms with Gasteiger partial charge in [-0.25, -0.2) is 4.98 Å². The van der Waals surface area contributed by atoms with Gasteiger partial charge in [-0.3, -0.25) is 9.48 Å². The Hall–Kier alpha value is -1.82. The molecule has 0 aromatic carbocycles. The van der Waals surface area contributed by atoms with Gasteiger partial charge in [-0.1, -0.05) is 11.6 Å². The molecule has 0 radical (unpaired) electrons. The zero-order valence-electron chi connectivity index (χ0n) is 9.49. The molecule has 0 bridgehead atoms. The van der Waals surface area contributed by atoms with E-state index in [1.54, 1.807) is 4.68 Å². The number of halogens is 1. The van der Waals surface area contributed by atoms with Crippen LogP contribution >= 0.6 is 11.6 Å². The molecule has 0 saturated heterocycles. The zero-order valence-corrected chi connectivity index (χ0v) is 10.2. The molecule has 2 aromatic heterocycles. The molecular formula is C10H12ClN5O. The molecule has 0 aliphatic rings. The molecule has 0 aliphatic carbocycles. The summed E-state index contributed by atoms with van der Waals surface area (Å²) in [6.45, 7) is 2.44. The second kappa shape index (κ2) is 4.58. The molecule has 0 saturated carbocycles. The topological polar surface area (TPSA) is 75.6 Å². The van der Waals surface area contributed by atoms with E-state index in [0.717, 1.165) is 11.3 Å². The molecule has 7 heteroatoms. The number of aromatic nitrogens is 4. The van der Waals surface area contributed by atoms with Gasteiger partial charge >= 0.3 is 0 Å². The van der Waals surface area contributed by atoms with Crippen LogP contribution in [0, 0.1) is 6.92 Å². The third kappa shape index (κ3) is 2.47. The third-order valence-corrected chi connectivity index (χ3v) is 2.71. The molecule has 90 valence electrons. The molecule has 0 fully saturated rings. The number of nitrogens with zero attached hydrogens (tertiary/aromatic N) is 3. The smallest absolute Gasteiger partial charge is 0.271 e. The van der Waals surface area contributed by atoms with Gasteiger partial charge < -0.3 is 10.3 Å². The van der Waals surface area contributed by atoms with E-state index in [-0.39, 0.29) is 10.6 Å². The number of H-pyrrole nitrogens is 1.